The highest BCUT2D eigenvalue weighted by molar-refractivity contribution is 5.90. The van der Waals surface area contributed by atoms with E-state index < -0.39 is 0 Å². The Balaban J connectivity index is 3.03. The second-order valence-corrected chi connectivity index (χ2v) is 2.91. The summed E-state index contributed by atoms with van der Waals surface area (Å²) in [6.07, 6.45) is 0. The van der Waals surface area contributed by atoms with Crippen molar-refractivity contribution >= 4 is 16.5 Å². The van der Waals surface area contributed by atoms with E-state index in [0.717, 1.165) is 0 Å². The van der Waals surface area contributed by atoms with Crippen molar-refractivity contribution < 1.29 is 0 Å². The minimum atomic E-state index is -0.382. The summed E-state index contributed by atoms with van der Waals surface area (Å²) in [6, 6.07) is 4.85. The molecule has 1 heterocycles. The first-order chi connectivity index (χ1) is 7.24. The Morgan fingerprint density at radius 2 is 1.87 bits per heavy atom. The van der Waals surface area contributed by atoms with Crippen molar-refractivity contribution in [3.63, 3.8) is 0 Å². The fourth-order valence-electron chi connectivity index (χ4n) is 1.40. The zero-order valence-corrected chi connectivity index (χ0v) is 7.94. The van der Waals surface area contributed by atoms with Crippen molar-refractivity contribution in [2.75, 3.05) is 7.05 Å². The molecule has 6 nitrogen and oxygen atoms in total. The summed E-state index contributed by atoms with van der Waals surface area (Å²) in [6.45, 7) is 0. The van der Waals surface area contributed by atoms with Crippen LogP contribution < -0.4 is 11.1 Å². The van der Waals surface area contributed by atoms with Gasteiger partial charge in [-0.2, -0.15) is 10.2 Å². The van der Waals surface area contributed by atoms with Crippen LogP contribution in [0.5, 0.6) is 0 Å². The molecule has 0 amide bonds. The molecule has 2 aromatic rings. The van der Waals surface area contributed by atoms with Gasteiger partial charge in [-0.05, 0) is 12.1 Å². The van der Waals surface area contributed by atoms with Crippen LogP contribution in [-0.2, 0) is 0 Å². The van der Waals surface area contributed by atoms with Crippen molar-refractivity contribution in [3.8, 4) is 0 Å². The molecule has 0 unspecified atom stereocenters. The largest absolute Gasteiger partial charge is 0.272 e. The topological polar surface area (TPSA) is 90.4 Å². The van der Waals surface area contributed by atoms with Gasteiger partial charge in [-0.3, -0.25) is 19.8 Å². The van der Waals surface area contributed by atoms with Gasteiger partial charge < -0.3 is 0 Å². The van der Waals surface area contributed by atoms with Crippen molar-refractivity contribution in [3.05, 3.63) is 38.9 Å². The lowest BCUT2D eigenvalue weighted by Crippen LogP contribution is -2.18. The molecule has 0 bridgehead atoms. The second-order valence-electron chi connectivity index (χ2n) is 2.91. The van der Waals surface area contributed by atoms with Crippen molar-refractivity contribution in [1.29, 1.82) is 0 Å². The molecule has 1 aromatic carbocycles. The number of nitrogens with one attached hydrogen (secondary N) is 2. The number of nitrogens with zero attached hydrogens (tertiary/aromatic N) is 2. The molecule has 0 aliphatic rings. The Morgan fingerprint density at radius 3 is 2.60 bits per heavy atom. The first-order valence-corrected chi connectivity index (χ1v) is 4.27. The molecule has 1 aromatic heterocycles. The predicted molar refractivity (Wildman–Crippen MR) is 55.6 cm³/mol. The molecule has 6 heteroatoms. The quantitative estimate of drug-likeness (QED) is 0.676. The normalized spacial score (nSPS) is 11.3. The van der Waals surface area contributed by atoms with Gasteiger partial charge in [-0.1, -0.05) is 6.07 Å². The van der Waals surface area contributed by atoms with Gasteiger partial charge in [-0.25, -0.2) is 0 Å². The summed E-state index contributed by atoms with van der Waals surface area (Å²) < 4.78 is 0. The first-order valence-electron chi connectivity index (χ1n) is 4.27. The highest BCUT2D eigenvalue weighted by Crippen LogP contribution is 2.19. The molecule has 0 radical (unpaired) electrons. The summed E-state index contributed by atoms with van der Waals surface area (Å²) in [4.78, 5) is 22.9. The van der Waals surface area contributed by atoms with E-state index in [1.54, 1.807) is 18.2 Å². The van der Waals surface area contributed by atoms with E-state index >= 15 is 0 Å². The van der Waals surface area contributed by atoms with Crippen LogP contribution >= 0.6 is 0 Å². The van der Waals surface area contributed by atoms with E-state index in [4.69, 9.17) is 0 Å². The third-order valence-electron chi connectivity index (χ3n) is 2.01. The van der Waals surface area contributed by atoms with Gasteiger partial charge in [0.2, 0.25) is 0 Å². The fourth-order valence-corrected chi connectivity index (χ4v) is 1.40. The van der Waals surface area contributed by atoms with Gasteiger partial charge in [0.1, 0.15) is 0 Å². The zero-order chi connectivity index (χ0) is 10.8. The molecule has 0 aliphatic heterocycles. The van der Waals surface area contributed by atoms with Crippen molar-refractivity contribution in [2.45, 2.75) is 0 Å². The molecule has 0 aliphatic carbocycles. The standard InChI is InChI=1S/C9H8N4O2/c1-10-11-6-4-2-3-5-7(6)9(15)13-12-8(5)14/h2-4H,1H3,(H,12,14)(H,13,15). The third-order valence-corrected chi connectivity index (χ3v) is 2.01. The third kappa shape index (κ3) is 1.45. The van der Waals surface area contributed by atoms with Gasteiger partial charge >= 0.3 is 0 Å². The number of rotatable bonds is 1. The molecular formula is C9H8N4O2. The van der Waals surface area contributed by atoms with E-state index in [2.05, 4.69) is 20.4 Å². The van der Waals surface area contributed by atoms with E-state index in [-0.39, 0.29) is 16.5 Å². The van der Waals surface area contributed by atoms with Crippen molar-refractivity contribution in [2.24, 2.45) is 10.2 Å². The van der Waals surface area contributed by atoms with E-state index in [1.807, 2.05) is 0 Å². The SMILES string of the molecule is CN=Nc1cccc2c(=O)[nH][nH]c(=O)c12. The summed E-state index contributed by atoms with van der Waals surface area (Å²) in [5.41, 5.74) is -0.340. The van der Waals surface area contributed by atoms with Crippen LogP contribution in [0.1, 0.15) is 0 Å². The summed E-state index contributed by atoms with van der Waals surface area (Å²) >= 11 is 0. The maximum atomic E-state index is 11.5. The van der Waals surface area contributed by atoms with Gasteiger partial charge in [0.15, 0.2) is 0 Å². The van der Waals surface area contributed by atoms with E-state index in [0.29, 0.717) is 11.1 Å². The van der Waals surface area contributed by atoms with Crippen LogP contribution in [0, 0.1) is 0 Å². The molecule has 76 valence electrons. The van der Waals surface area contributed by atoms with Crippen LogP contribution in [0.25, 0.3) is 10.8 Å². The fraction of sp³-hybridized carbons (Fsp3) is 0.111. The number of benzene rings is 1. The summed E-state index contributed by atoms with van der Waals surface area (Å²) in [5.74, 6) is 0. The molecule has 0 saturated heterocycles. The molecule has 15 heavy (non-hydrogen) atoms. The van der Waals surface area contributed by atoms with Crippen LogP contribution in [0.3, 0.4) is 0 Å². The lowest BCUT2D eigenvalue weighted by Gasteiger charge is -1.97. The summed E-state index contributed by atoms with van der Waals surface area (Å²) in [5, 5.41) is 12.4. The van der Waals surface area contributed by atoms with Crippen LogP contribution in [0.2, 0.25) is 0 Å². The maximum Gasteiger partial charge on any atom is 0.272 e. The number of aromatic nitrogens is 2. The van der Waals surface area contributed by atoms with E-state index in [1.165, 1.54) is 7.05 Å². The average Bonchev–Trinajstić information content (AvgIpc) is 2.24. The van der Waals surface area contributed by atoms with E-state index in [9.17, 15) is 9.59 Å². The van der Waals surface area contributed by atoms with Gasteiger partial charge in [0, 0.05) is 7.05 Å². The van der Waals surface area contributed by atoms with Gasteiger partial charge in [-0.15, -0.1) is 0 Å². The Labute approximate surface area is 83.7 Å². The number of H-pyrrole nitrogens is 2. The van der Waals surface area contributed by atoms with Crippen LogP contribution in [0.4, 0.5) is 5.69 Å². The van der Waals surface area contributed by atoms with Crippen LogP contribution in [-0.4, -0.2) is 17.2 Å². The molecular weight excluding hydrogens is 196 g/mol. The number of azo groups is 1. The average molecular weight is 204 g/mol. The Bertz CT molecular complexity index is 638. The molecule has 0 fully saturated rings. The number of hydrogen-bond acceptors (Lipinski definition) is 4. The Kier molecular flexibility index (Phi) is 2.17. The van der Waals surface area contributed by atoms with Gasteiger partial charge in [0.05, 0.1) is 16.5 Å². The lowest BCUT2D eigenvalue weighted by atomic mass is 10.1. The molecule has 2 rings (SSSR count). The second kappa shape index (κ2) is 3.49. The molecule has 2 N–H and O–H groups in total. The highest BCUT2D eigenvalue weighted by Gasteiger charge is 2.06. The maximum absolute atomic E-state index is 11.5. The Hall–Kier alpha value is -2.24. The number of hydrogen-bond donors (Lipinski definition) is 2. The molecule has 0 saturated carbocycles. The highest BCUT2D eigenvalue weighted by atomic mass is 16.1. The number of fused-ring (bicyclic) bond motifs is 1. The minimum Gasteiger partial charge on any atom is -0.267 e. The predicted octanol–water partition coefficient (Wildman–Crippen LogP) is 0.930. The zero-order valence-electron chi connectivity index (χ0n) is 7.94. The van der Waals surface area contributed by atoms with Gasteiger partial charge in [0.25, 0.3) is 11.1 Å². The lowest BCUT2D eigenvalue weighted by molar-refractivity contribution is 0.975. The molecule has 0 spiro atoms. The van der Waals surface area contributed by atoms with Crippen molar-refractivity contribution in [1.82, 2.24) is 10.2 Å². The molecule has 0 atom stereocenters. The smallest absolute Gasteiger partial charge is 0.267 e. The minimum absolute atomic E-state index is 0.256. The first kappa shape index (κ1) is 9.32. The Morgan fingerprint density at radius 1 is 1.13 bits per heavy atom. The monoisotopic (exact) mass is 204 g/mol. The summed E-state index contributed by atoms with van der Waals surface area (Å²) in [7, 11) is 1.50. The number of aromatic amines is 2. The van der Waals surface area contributed by atoms with Crippen LogP contribution in [0.15, 0.2) is 38.0 Å².